The first kappa shape index (κ1) is 11.7. The summed E-state index contributed by atoms with van der Waals surface area (Å²) in [4.78, 5) is 10.7. The molecule has 4 nitrogen and oxygen atoms in total. The number of hydrogen-bond acceptors (Lipinski definition) is 3. The Labute approximate surface area is 106 Å². The molecular weight excluding hydrogens is 230 g/mol. The molecule has 96 valence electrons. The van der Waals surface area contributed by atoms with Crippen molar-refractivity contribution < 1.29 is 14.6 Å². The Balaban J connectivity index is 1.55. The molecule has 18 heavy (non-hydrogen) atoms. The molecular formula is C14H17NO3. The Kier molecular flexibility index (Phi) is 3.06. The summed E-state index contributed by atoms with van der Waals surface area (Å²) in [7, 11) is 0. The maximum absolute atomic E-state index is 10.7. The van der Waals surface area contributed by atoms with Crippen LogP contribution in [0, 0.1) is 0 Å². The maximum atomic E-state index is 10.7. The SMILES string of the molecule is O=C(O)c1ccc(CNC2CC3CCC2O3)cc1. The number of hydrogen-bond donors (Lipinski definition) is 2. The topological polar surface area (TPSA) is 58.6 Å². The van der Waals surface area contributed by atoms with E-state index in [1.807, 2.05) is 12.1 Å². The van der Waals surface area contributed by atoms with Gasteiger partial charge >= 0.3 is 5.97 Å². The van der Waals surface area contributed by atoms with Gasteiger partial charge in [-0.1, -0.05) is 12.1 Å². The Morgan fingerprint density at radius 2 is 2.11 bits per heavy atom. The Morgan fingerprint density at radius 1 is 1.33 bits per heavy atom. The predicted octanol–water partition coefficient (Wildman–Crippen LogP) is 1.79. The molecule has 2 N–H and O–H groups in total. The molecule has 3 atom stereocenters. The van der Waals surface area contributed by atoms with Gasteiger partial charge in [0.15, 0.2) is 0 Å². The second kappa shape index (κ2) is 4.71. The van der Waals surface area contributed by atoms with E-state index in [0.717, 1.165) is 18.5 Å². The van der Waals surface area contributed by atoms with Crippen LogP contribution in [-0.4, -0.2) is 29.3 Å². The highest BCUT2D eigenvalue weighted by Gasteiger charge is 2.40. The lowest BCUT2D eigenvalue weighted by Gasteiger charge is -2.20. The monoisotopic (exact) mass is 247 g/mol. The van der Waals surface area contributed by atoms with Crippen LogP contribution in [0.3, 0.4) is 0 Å². The first-order valence-corrected chi connectivity index (χ1v) is 6.43. The van der Waals surface area contributed by atoms with E-state index in [9.17, 15) is 4.79 Å². The number of carboxylic acid groups (broad SMARTS) is 1. The van der Waals surface area contributed by atoms with E-state index in [2.05, 4.69) is 5.32 Å². The molecule has 2 bridgehead atoms. The number of benzene rings is 1. The van der Waals surface area contributed by atoms with Gasteiger partial charge < -0.3 is 15.2 Å². The van der Waals surface area contributed by atoms with Gasteiger partial charge in [0, 0.05) is 12.6 Å². The fourth-order valence-electron chi connectivity index (χ4n) is 2.87. The summed E-state index contributed by atoms with van der Waals surface area (Å²) < 4.78 is 5.78. The number of ether oxygens (including phenoxy) is 1. The highest BCUT2D eigenvalue weighted by molar-refractivity contribution is 5.87. The van der Waals surface area contributed by atoms with E-state index in [0.29, 0.717) is 23.8 Å². The van der Waals surface area contributed by atoms with E-state index in [1.165, 1.54) is 12.8 Å². The molecule has 4 heteroatoms. The Hall–Kier alpha value is -1.39. The number of nitrogens with one attached hydrogen (secondary N) is 1. The van der Waals surface area contributed by atoms with E-state index in [1.54, 1.807) is 12.1 Å². The third kappa shape index (κ3) is 2.26. The van der Waals surface area contributed by atoms with Gasteiger partial charge in [-0.05, 0) is 37.0 Å². The maximum Gasteiger partial charge on any atom is 0.335 e. The Morgan fingerprint density at radius 3 is 2.67 bits per heavy atom. The van der Waals surface area contributed by atoms with E-state index in [-0.39, 0.29) is 0 Å². The third-order valence-electron chi connectivity index (χ3n) is 3.88. The van der Waals surface area contributed by atoms with Gasteiger partial charge in [0.2, 0.25) is 0 Å². The minimum Gasteiger partial charge on any atom is -0.478 e. The molecule has 0 radical (unpaired) electrons. The fourth-order valence-corrected chi connectivity index (χ4v) is 2.87. The van der Waals surface area contributed by atoms with Crippen molar-refractivity contribution in [3.8, 4) is 0 Å². The van der Waals surface area contributed by atoms with Crippen molar-refractivity contribution in [3.63, 3.8) is 0 Å². The summed E-state index contributed by atoms with van der Waals surface area (Å²) in [6, 6.07) is 7.49. The van der Waals surface area contributed by atoms with Crippen LogP contribution in [0.1, 0.15) is 35.2 Å². The predicted molar refractivity (Wildman–Crippen MR) is 66.5 cm³/mol. The molecule has 0 saturated carbocycles. The average Bonchev–Trinajstić information content (AvgIpc) is 2.99. The molecule has 0 aliphatic carbocycles. The van der Waals surface area contributed by atoms with Crippen LogP contribution < -0.4 is 5.32 Å². The lowest BCUT2D eigenvalue weighted by molar-refractivity contribution is 0.0697. The molecule has 2 saturated heterocycles. The van der Waals surface area contributed by atoms with Crippen molar-refractivity contribution in [2.75, 3.05) is 0 Å². The van der Waals surface area contributed by atoms with E-state index in [4.69, 9.17) is 9.84 Å². The minimum atomic E-state index is -0.879. The molecule has 3 rings (SSSR count). The number of carboxylic acids is 1. The molecule has 1 aromatic carbocycles. The quantitative estimate of drug-likeness (QED) is 0.851. The number of carbonyl (C=O) groups is 1. The van der Waals surface area contributed by atoms with Crippen molar-refractivity contribution in [1.29, 1.82) is 0 Å². The van der Waals surface area contributed by atoms with Gasteiger partial charge in [-0.2, -0.15) is 0 Å². The van der Waals surface area contributed by atoms with Gasteiger partial charge in [-0.3, -0.25) is 0 Å². The molecule has 2 aliphatic rings. The van der Waals surface area contributed by atoms with Crippen molar-refractivity contribution in [2.24, 2.45) is 0 Å². The zero-order valence-corrected chi connectivity index (χ0v) is 10.1. The number of aromatic carboxylic acids is 1. The van der Waals surface area contributed by atoms with Crippen molar-refractivity contribution in [3.05, 3.63) is 35.4 Å². The summed E-state index contributed by atoms with van der Waals surface area (Å²) in [5, 5.41) is 12.3. The highest BCUT2D eigenvalue weighted by atomic mass is 16.5. The van der Waals surface area contributed by atoms with Crippen molar-refractivity contribution in [1.82, 2.24) is 5.32 Å². The molecule has 2 aliphatic heterocycles. The van der Waals surface area contributed by atoms with Crippen LogP contribution in [0.2, 0.25) is 0 Å². The molecule has 1 aromatic rings. The van der Waals surface area contributed by atoms with E-state index >= 15 is 0 Å². The summed E-state index contributed by atoms with van der Waals surface area (Å²) >= 11 is 0. The standard InChI is InChI=1S/C14H17NO3/c16-14(17)10-3-1-9(2-4-10)8-15-12-7-11-5-6-13(12)18-11/h1-4,11-13,15H,5-8H2,(H,16,17). The van der Waals surface area contributed by atoms with Crippen LogP contribution in [-0.2, 0) is 11.3 Å². The molecule has 2 fully saturated rings. The van der Waals surface area contributed by atoms with Gasteiger partial charge in [0.1, 0.15) is 0 Å². The van der Waals surface area contributed by atoms with E-state index < -0.39 is 5.97 Å². The van der Waals surface area contributed by atoms with Crippen LogP contribution >= 0.6 is 0 Å². The number of rotatable bonds is 4. The number of fused-ring (bicyclic) bond motifs is 2. The summed E-state index contributed by atoms with van der Waals surface area (Å²) in [6.45, 7) is 0.775. The minimum absolute atomic E-state index is 0.335. The lowest BCUT2D eigenvalue weighted by Crippen LogP contribution is -2.36. The first-order chi connectivity index (χ1) is 8.72. The lowest BCUT2D eigenvalue weighted by atomic mass is 9.95. The van der Waals surface area contributed by atoms with Crippen molar-refractivity contribution in [2.45, 2.75) is 44.1 Å². The normalized spacial score (nSPS) is 29.7. The molecule has 0 spiro atoms. The smallest absolute Gasteiger partial charge is 0.335 e. The van der Waals surface area contributed by atoms with Gasteiger partial charge in [-0.15, -0.1) is 0 Å². The zero-order chi connectivity index (χ0) is 12.5. The van der Waals surface area contributed by atoms with Gasteiger partial charge in [0.05, 0.1) is 17.8 Å². The zero-order valence-electron chi connectivity index (χ0n) is 10.1. The second-order valence-electron chi connectivity index (χ2n) is 5.10. The fraction of sp³-hybridized carbons (Fsp3) is 0.500. The van der Waals surface area contributed by atoms with Gasteiger partial charge in [0.25, 0.3) is 0 Å². The summed E-state index contributed by atoms with van der Waals surface area (Å²) in [5.41, 5.74) is 1.45. The molecule has 0 amide bonds. The van der Waals surface area contributed by atoms with Crippen LogP contribution in [0.25, 0.3) is 0 Å². The Bertz CT molecular complexity index is 443. The van der Waals surface area contributed by atoms with Crippen molar-refractivity contribution >= 4 is 5.97 Å². The largest absolute Gasteiger partial charge is 0.478 e. The van der Waals surface area contributed by atoms with Gasteiger partial charge in [-0.25, -0.2) is 4.79 Å². The summed E-state index contributed by atoms with van der Waals surface area (Å²) in [5.74, 6) is -0.879. The molecule has 0 aromatic heterocycles. The third-order valence-corrected chi connectivity index (χ3v) is 3.88. The van der Waals surface area contributed by atoms with Crippen LogP contribution in [0.4, 0.5) is 0 Å². The molecule has 3 unspecified atom stereocenters. The second-order valence-corrected chi connectivity index (χ2v) is 5.10. The highest BCUT2D eigenvalue weighted by Crippen LogP contribution is 2.34. The van der Waals surface area contributed by atoms with Crippen LogP contribution in [0.5, 0.6) is 0 Å². The molecule has 2 heterocycles. The first-order valence-electron chi connectivity index (χ1n) is 6.43. The summed E-state index contributed by atoms with van der Waals surface area (Å²) in [6.07, 6.45) is 4.32. The average molecular weight is 247 g/mol. The van der Waals surface area contributed by atoms with Crippen LogP contribution in [0.15, 0.2) is 24.3 Å².